The van der Waals surface area contributed by atoms with Gasteiger partial charge in [0.1, 0.15) is 24.4 Å². The second-order valence-corrected chi connectivity index (χ2v) is 6.85. The molecule has 1 fully saturated rings. The minimum Gasteiger partial charge on any atom is -0.504 e. The molecule has 5 N–H and O–H groups in total. The van der Waals surface area contributed by atoms with Crippen LogP contribution in [-0.4, -0.2) is 74.4 Å². The molecule has 4 rings (SSSR count). The van der Waals surface area contributed by atoms with Crippen molar-refractivity contribution in [3.63, 3.8) is 0 Å². The molecule has 2 aromatic carbocycles. The summed E-state index contributed by atoms with van der Waals surface area (Å²) in [6.45, 7) is -0.648. The van der Waals surface area contributed by atoms with E-state index in [1.807, 2.05) is 0 Å². The number of carbonyl (C=O) groups is 2. The van der Waals surface area contributed by atoms with Crippen LogP contribution in [-0.2, 0) is 4.74 Å². The van der Waals surface area contributed by atoms with E-state index in [4.69, 9.17) is 9.47 Å². The van der Waals surface area contributed by atoms with Crippen molar-refractivity contribution < 1.29 is 44.6 Å². The van der Waals surface area contributed by atoms with Crippen LogP contribution in [0.15, 0.2) is 36.4 Å². The highest BCUT2D eigenvalue weighted by molar-refractivity contribution is 6.29. The van der Waals surface area contributed by atoms with Crippen molar-refractivity contribution in [2.24, 2.45) is 0 Å². The number of aliphatic hydroxyl groups is 4. The smallest absolute Gasteiger partial charge is 0.229 e. The van der Waals surface area contributed by atoms with Crippen molar-refractivity contribution >= 4 is 11.6 Å². The first-order valence-electron chi connectivity index (χ1n) is 8.86. The SMILES string of the molecule is O=C1c2ccccc2C(=O)c2c1ccc(OC1O[C@H](CO)[C@@H](O)[C@H](O)[C@H]1O)c2O. The van der Waals surface area contributed by atoms with E-state index in [2.05, 4.69) is 0 Å². The lowest BCUT2D eigenvalue weighted by Gasteiger charge is -2.39. The molecule has 0 spiro atoms. The molecule has 9 heteroatoms. The Balaban J connectivity index is 1.69. The zero-order valence-corrected chi connectivity index (χ0v) is 14.9. The first kappa shape index (κ1) is 19.5. The van der Waals surface area contributed by atoms with Gasteiger partial charge in [0.15, 0.2) is 23.1 Å². The Morgan fingerprint density at radius 3 is 2.17 bits per heavy atom. The van der Waals surface area contributed by atoms with E-state index >= 15 is 0 Å². The number of ketones is 2. The largest absolute Gasteiger partial charge is 0.504 e. The molecule has 0 saturated carbocycles. The summed E-state index contributed by atoms with van der Waals surface area (Å²) in [6, 6.07) is 8.77. The van der Waals surface area contributed by atoms with Crippen LogP contribution < -0.4 is 4.74 Å². The Morgan fingerprint density at radius 2 is 1.52 bits per heavy atom. The summed E-state index contributed by atoms with van der Waals surface area (Å²) in [5.41, 5.74) is 0.139. The van der Waals surface area contributed by atoms with Crippen LogP contribution in [0.1, 0.15) is 31.8 Å². The fraction of sp³-hybridized carbons (Fsp3) is 0.300. The summed E-state index contributed by atoms with van der Waals surface area (Å²) in [4.78, 5) is 25.5. The van der Waals surface area contributed by atoms with Crippen LogP contribution in [0.5, 0.6) is 11.5 Å². The van der Waals surface area contributed by atoms with Gasteiger partial charge in [-0.3, -0.25) is 9.59 Å². The van der Waals surface area contributed by atoms with Gasteiger partial charge in [-0.25, -0.2) is 0 Å². The molecule has 1 heterocycles. The zero-order valence-electron chi connectivity index (χ0n) is 14.9. The Morgan fingerprint density at radius 1 is 0.862 bits per heavy atom. The van der Waals surface area contributed by atoms with E-state index in [0.29, 0.717) is 0 Å². The van der Waals surface area contributed by atoms with Gasteiger partial charge in [0.2, 0.25) is 6.29 Å². The maximum absolute atomic E-state index is 12.8. The number of aliphatic hydroxyl groups excluding tert-OH is 4. The molecule has 0 bridgehead atoms. The Bertz CT molecular complexity index is 984. The van der Waals surface area contributed by atoms with Gasteiger partial charge in [0.25, 0.3) is 0 Å². The summed E-state index contributed by atoms with van der Waals surface area (Å²) in [5, 5.41) is 49.6. The molecule has 2 aliphatic rings. The van der Waals surface area contributed by atoms with Crippen LogP contribution in [0.4, 0.5) is 0 Å². The van der Waals surface area contributed by atoms with E-state index in [-0.39, 0.29) is 28.0 Å². The normalized spacial score (nSPS) is 28.6. The first-order chi connectivity index (χ1) is 13.8. The quantitative estimate of drug-likeness (QED) is 0.384. The molecule has 2 aromatic rings. The van der Waals surface area contributed by atoms with Crippen molar-refractivity contribution in [3.05, 3.63) is 58.7 Å². The Kier molecular flexibility index (Phi) is 4.85. The third kappa shape index (κ3) is 3.00. The van der Waals surface area contributed by atoms with Crippen LogP contribution in [0.25, 0.3) is 0 Å². The van der Waals surface area contributed by atoms with Gasteiger partial charge in [-0.1, -0.05) is 24.3 Å². The molecule has 9 nitrogen and oxygen atoms in total. The standard InChI is InChI=1S/C20H18O9/c21-7-12-17(25)18(26)19(27)20(29-12)28-11-6-5-10-13(16(11)24)15(23)9-4-2-1-3-8(9)14(10)22/h1-6,12,17-21,24-27H,7H2/t12-,17-,18+,19-,20?/m1/s1. The molecule has 5 atom stereocenters. The number of carbonyl (C=O) groups excluding carboxylic acids is 2. The number of ether oxygens (including phenoxy) is 2. The molecular weight excluding hydrogens is 384 g/mol. The monoisotopic (exact) mass is 402 g/mol. The minimum absolute atomic E-state index is 0.00681. The maximum atomic E-state index is 12.8. The summed E-state index contributed by atoms with van der Waals surface area (Å²) in [7, 11) is 0. The van der Waals surface area contributed by atoms with Crippen LogP contribution >= 0.6 is 0 Å². The predicted octanol–water partition coefficient (Wildman–Crippen LogP) is -0.654. The van der Waals surface area contributed by atoms with Gasteiger partial charge < -0.3 is 35.0 Å². The highest BCUT2D eigenvalue weighted by Crippen LogP contribution is 2.39. The van der Waals surface area contributed by atoms with Crippen molar-refractivity contribution in [1.29, 1.82) is 0 Å². The summed E-state index contributed by atoms with van der Waals surface area (Å²) in [5.74, 6) is -1.88. The molecule has 0 amide bonds. The second kappa shape index (κ2) is 7.21. The fourth-order valence-electron chi connectivity index (χ4n) is 3.53. The summed E-state index contributed by atoms with van der Waals surface area (Å²) in [6.07, 6.45) is -7.67. The van der Waals surface area contributed by atoms with Gasteiger partial charge in [0, 0.05) is 16.7 Å². The van der Waals surface area contributed by atoms with Gasteiger partial charge in [0.05, 0.1) is 12.2 Å². The van der Waals surface area contributed by atoms with Crippen molar-refractivity contribution in [1.82, 2.24) is 0 Å². The van der Waals surface area contributed by atoms with Crippen molar-refractivity contribution in [2.45, 2.75) is 30.7 Å². The molecule has 0 radical (unpaired) electrons. The number of rotatable bonds is 3. The third-order valence-electron chi connectivity index (χ3n) is 5.12. The Labute approximate surface area is 164 Å². The molecule has 1 aliphatic heterocycles. The molecular formula is C20H18O9. The molecule has 152 valence electrons. The molecule has 0 aromatic heterocycles. The van der Waals surface area contributed by atoms with Crippen molar-refractivity contribution in [3.8, 4) is 11.5 Å². The number of benzene rings is 2. The minimum atomic E-state index is -1.69. The lowest BCUT2D eigenvalue weighted by atomic mass is 9.83. The number of hydrogen-bond acceptors (Lipinski definition) is 9. The highest BCUT2D eigenvalue weighted by atomic mass is 16.7. The molecule has 1 aliphatic carbocycles. The van der Waals surface area contributed by atoms with E-state index in [0.717, 1.165) is 0 Å². The number of phenolic OH excluding ortho intramolecular Hbond substituents is 1. The van der Waals surface area contributed by atoms with Crippen molar-refractivity contribution in [2.75, 3.05) is 6.61 Å². The van der Waals surface area contributed by atoms with Crippen LogP contribution in [0.3, 0.4) is 0 Å². The number of aromatic hydroxyl groups is 1. The fourth-order valence-corrected chi connectivity index (χ4v) is 3.53. The molecule has 1 saturated heterocycles. The van der Waals surface area contributed by atoms with E-state index in [9.17, 15) is 35.1 Å². The first-order valence-corrected chi connectivity index (χ1v) is 8.86. The molecule has 29 heavy (non-hydrogen) atoms. The molecule has 1 unspecified atom stereocenters. The Hall–Kier alpha value is -2.82. The maximum Gasteiger partial charge on any atom is 0.229 e. The van der Waals surface area contributed by atoms with Gasteiger partial charge in [-0.2, -0.15) is 0 Å². The van der Waals surface area contributed by atoms with Gasteiger partial charge in [-0.05, 0) is 12.1 Å². The van der Waals surface area contributed by atoms with E-state index in [1.54, 1.807) is 12.1 Å². The van der Waals surface area contributed by atoms with Gasteiger partial charge in [-0.15, -0.1) is 0 Å². The second-order valence-electron chi connectivity index (χ2n) is 6.85. The lowest BCUT2D eigenvalue weighted by Crippen LogP contribution is -2.60. The summed E-state index contributed by atoms with van der Waals surface area (Å²) < 4.78 is 10.7. The highest BCUT2D eigenvalue weighted by Gasteiger charge is 2.45. The zero-order chi connectivity index (χ0) is 20.9. The van der Waals surface area contributed by atoms with Crippen LogP contribution in [0.2, 0.25) is 0 Å². The van der Waals surface area contributed by atoms with Gasteiger partial charge >= 0.3 is 0 Å². The topological polar surface area (TPSA) is 154 Å². The number of hydrogen-bond donors (Lipinski definition) is 5. The average molecular weight is 402 g/mol. The van der Waals surface area contributed by atoms with E-state index in [1.165, 1.54) is 24.3 Å². The summed E-state index contributed by atoms with van der Waals surface area (Å²) >= 11 is 0. The lowest BCUT2D eigenvalue weighted by molar-refractivity contribution is -0.277. The van der Waals surface area contributed by atoms with E-state index < -0.39 is 54.6 Å². The van der Waals surface area contributed by atoms with Crippen LogP contribution in [0, 0.1) is 0 Å². The predicted molar refractivity (Wildman–Crippen MR) is 95.8 cm³/mol. The average Bonchev–Trinajstić information content (AvgIpc) is 2.73. The number of phenols is 1. The third-order valence-corrected chi connectivity index (χ3v) is 5.12. The number of fused-ring (bicyclic) bond motifs is 2.